The topological polar surface area (TPSA) is 84.9 Å². The fraction of sp³-hybridized carbons (Fsp3) is 0.458. The Hall–Kier alpha value is -2.74. The molecule has 1 aliphatic rings. The summed E-state index contributed by atoms with van der Waals surface area (Å²) in [5, 5.41) is 0. The van der Waals surface area contributed by atoms with Crippen molar-refractivity contribution in [3.05, 3.63) is 48.0 Å². The molecule has 0 spiro atoms. The van der Waals surface area contributed by atoms with Gasteiger partial charge >= 0.3 is 0 Å². The number of nitrogens with zero attached hydrogens (tertiary/aromatic N) is 1. The van der Waals surface area contributed by atoms with E-state index in [-0.39, 0.29) is 18.3 Å². The van der Waals surface area contributed by atoms with Gasteiger partial charge in [0.2, 0.25) is 15.9 Å². The van der Waals surface area contributed by atoms with Gasteiger partial charge in [-0.3, -0.25) is 9.52 Å². The Morgan fingerprint density at radius 3 is 2.47 bits per heavy atom. The number of ether oxygens (including phenoxy) is 2. The number of benzene rings is 2. The van der Waals surface area contributed by atoms with E-state index in [4.69, 9.17) is 9.47 Å². The molecule has 7 nitrogen and oxygen atoms in total. The minimum Gasteiger partial charge on any atom is -0.497 e. The number of nitrogens with one attached hydrogen (secondary N) is 1. The molecule has 0 fully saturated rings. The largest absolute Gasteiger partial charge is 0.497 e. The van der Waals surface area contributed by atoms with E-state index >= 15 is 0 Å². The molecule has 0 aromatic heterocycles. The molecule has 0 bridgehead atoms. The fourth-order valence-electron chi connectivity index (χ4n) is 3.48. The van der Waals surface area contributed by atoms with Crippen LogP contribution in [0.2, 0.25) is 0 Å². The maximum Gasteiger partial charge on any atom is 0.236 e. The molecule has 0 radical (unpaired) electrons. The van der Waals surface area contributed by atoms with Gasteiger partial charge < -0.3 is 14.4 Å². The third-order valence-corrected chi connectivity index (χ3v) is 6.64. The van der Waals surface area contributed by atoms with Crippen molar-refractivity contribution in [2.75, 3.05) is 29.9 Å². The van der Waals surface area contributed by atoms with Gasteiger partial charge in [-0.15, -0.1) is 0 Å². The van der Waals surface area contributed by atoms with Gasteiger partial charge in [-0.1, -0.05) is 26.0 Å². The minimum atomic E-state index is -3.64. The maximum atomic E-state index is 13.1. The number of sulfonamides is 1. The first kappa shape index (κ1) is 23.9. The number of methoxy groups -OCH3 is 1. The smallest absolute Gasteiger partial charge is 0.236 e. The molecule has 2 aromatic rings. The van der Waals surface area contributed by atoms with E-state index in [1.807, 2.05) is 13.8 Å². The van der Waals surface area contributed by atoms with Crippen molar-refractivity contribution in [1.29, 1.82) is 0 Å². The summed E-state index contributed by atoms with van der Waals surface area (Å²) >= 11 is 0. The molecule has 32 heavy (non-hydrogen) atoms. The van der Waals surface area contributed by atoms with Gasteiger partial charge in [-0.25, -0.2) is 8.42 Å². The summed E-state index contributed by atoms with van der Waals surface area (Å²) in [7, 11) is -2.08. The van der Waals surface area contributed by atoms with E-state index in [1.165, 1.54) is 0 Å². The lowest BCUT2D eigenvalue weighted by Gasteiger charge is -2.28. The first-order valence-corrected chi connectivity index (χ1v) is 12.4. The summed E-state index contributed by atoms with van der Waals surface area (Å²) in [5.74, 6) is 1.45. The van der Waals surface area contributed by atoms with Crippen LogP contribution < -0.4 is 19.1 Å². The molecule has 3 rings (SSSR count). The molecule has 0 atom stereocenters. The van der Waals surface area contributed by atoms with Crippen LogP contribution in [0.1, 0.15) is 39.7 Å². The van der Waals surface area contributed by atoms with Gasteiger partial charge in [0.15, 0.2) is 0 Å². The average Bonchev–Trinajstić information content (AvgIpc) is 2.81. The SMILES string of the molecule is COc1ccc(CS(=O)(=O)Nc2ccc3c(c2)OCC(C)(C)C(=O)N3CCC(C)C)cc1. The number of anilines is 2. The van der Waals surface area contributed by atoms with Crippen LogP contribution in [0.5, 0.6) is 11.5 Å². The Bertz CT molecular complexity index is 1060. The van der Waals surface area contributed by atoms with Crippen molar-refractivity contribution in [3.8, 4) is 11.5 Å². The predicted molar refractivity (Wildman–Crippen MR) is 127 cm³/mol. The van der Waals surface area contributed by atoms with Crippen molar-refractivity contribution >= 4 is 27.3 Å². The van der Waals surface area contributed by atoms with Crippen LogP contribution in [0, 0.1) is 11.3 Å². The number of rotatable bonds is 8. The van der Waals surface area contributed by atoms with Gasteiger partial charge in [0, 0.05) is 12.6 Å². The number of hydrogen-bond acceptors (Lipinski definition) is 5. The fourth-order valence-corrected chi connectivity index (χ4v) is 4.67. The lowest BCUT2D eigenvalue weighted by Crippen LogP contribution is -2.42. The molecule has 8 heteroatoms. The van der Waals surface area contributed by atoms with Crippen LogP contribution in [-0.4, -0.2) is 34.6 Å². The number of hydrogen-bond donors (Lipinski definition) is 1. The van der Waals surface area contributed by atoms with Crippen molar-refractivity contribution < 1.29 is 22.7 Å². The molecular weight excluding hydrogens is 428 g/mol. The second kappa shape index (κ2) is 9.40. The molecule has 0 saturated heterocycles. The molecular formula is C24H32N2O5S. The van der Waals surface area contributed by atoms with Gasteiger partial charge in [-0.2, -0.15) is 0 Å². The van der Waals surface area contributed by atoms with Crippen LogP contribution in [0.15, 0.2) is 42.5 Å². The van der Waals surface area contributed by atoms with Crippen LogP contribution in [0.25, 0.3) is 0 Å². The second-order valence-electron chi connectivity index (χ2n) is 9.20. The average molecular weight is 461 g/mol. The summed E-state index contributed by atoms with van der Waals surface area (Å²) in [6.45, 7) is 8.76. The first-order valence-electron chi connectivity index (χ1n) is 10.7. The van der Waals surface area contributed by atoms with Crippen molar-refractivity contribution in [2.45, 2.75) is 39.9 Å². The molecule has 0 aliphatic carbocycles. The minimum absolute atomic E-state index is 0.00439. The standard InChI is InChI=1S/C24H32N2O5S/c1-17(2)12-13-26-21-11-8-19(14-22(21)31-16-24(3,4)23(26)27)25-32(28,29)15-18-6-9-20(30-5)10-7-18/h6-11,14,17,25H,12-13,15-16H2,1-5H3. The Labute approximate surface area is 190 Å². The van der Waals surface area contributed by atoms with Crippen LogP contribution in [0.3, 0.4) is 0 Å². The Kier molecular flexibility index (Phi) is 7.03. The van der Waals surface area contributed by atoms with Gasteiger partial charge in [-0.05, 0) is 56.0 Å². The van der Waals surface area contributed by atoms with E-state index in [0.717, 1.165) is 6.42 Å². The number of carbonyl (C=O) groups excluding carboxylic acids is 1. The first-order chi connectivity index (χ1) is 15.0. The van der Waals surface area contributed by atoms with Gasteiger partial charge in [0.1, 0.15) is 18.1 Å². The van der Waals surface area contributed by atoms with Crippen molar-refractivity contribution in [3.63, 3.8) is 0 Å². The monoisotopic (exact) mass is 460 g/mol. The number of amides is 1. The Morgan fingerprint density at radius 2 is 1.84 bits per heavy atom. The molecule has 174 valence electrons. The molecule has 1 aliphatic heterocycles. The van der Waals surface area contributed by atoms with Crippen molar-refractivity contribution in [1.82, 2.24) is 0 Å². The predicted octanol–water partition coefficient (Wildman–Crippen LogP) is 4.43. The lowest BCUT2D eigenvalue weighted by molar-refractivity contribution is -0.127. The lowest BCUT2D eigenvalue weighted by atomic mass is 9.92. The summed E-state index contributed by atoms with van der Waals surface area (Å²) in [6, 6.07) is 12.0. The Balaban J connectivity index is 1.83. The molecule has 2 aromatic carbocycles. The zero-order valence-corrected chi connectivity index (χ0v) is 20.2. The zero-order chi connectivity index (χ0) is 23.5. The highest BCUT2D eigenvalue weighted by molar-refractivity contribution is 7.91. The highest BCUT2D eigenvalue weighted by Gasteiger charge is 2.37. The van der Waals surface area contributed by atoms with Crippen LogP contribution >= 0.6 is 0 Å². The third-order valence-electron chi connectivity index (χ3n) is 5.38. The highest BCUT2D eigenvalue weighted by atomic mass is 32.2. The molecule has 1 N–H and O–H groups in total. The molecule has 1 amide bonds. The third kappa shape index (κ3) is 5.73. The van der Waals surface area contributed by atoms with E-state index in [2.05, 4.69) is 18.6 Å². The summed E-state index contributed by atoms with van der Waals surface area (Å²) in [6.07, 6.45) is 0.859. The van der Waals surface area contributed by atoms with E-state index < -0.39 is 15.4 Å². The number of fused-ring (bicyclic) bond motifs is 1. The van der Waals surface area contributed by atoms with E-state index in [0.29, 0.717) is 40.9 Å². The quantitative estimate of drug-likeness (QED) is 0.630. The van der Waals surface area contributed by atoms with Gasteiger partial charge in [0.05, 0.1) is 29.7 Å². The van der Waals surface area contributed by atoms with Gasteiger partial charge in [0.25, 0.3) is 0 Å². The van der Waals surface area contributed by atoms with Crippen LogP contribution in [-0.2, 0) is 20.6 Å². The summed E-state index contributed by atoms with van der Waals surface area (Å²) in [5.41, 5.74) is 1.04. The maximum absolute atomic E-state index is 13.1. The Morgan fingerprint density at radius 1 is 1.16 bits per heavy atom. The van der Waals surface area contributed by atoms with E-state index in [1.54, 1.807) is 54.5 Å². The zero-order valence-electron chi connectivity index (χ0n) is 19.3. The van der Waals surface area contributed by atoms with Crippen LogP contribution in [0.4, 0.5) is 11.4 Å². The second-order valence-corrected chi connectivity index (χ2v) is 10.9. The molecule has 1 heterocycles. The highest BCUT2D eigenvalue weighted by Crippen LogP contribution is 2.38. The number of carbonyl (C=O) groups is 1. The molecule has 0 saturated carbocycles. The molecule has 0 unspecified atom stereocenters. The summed E-state index contributed by atoms with van der Waals surface area (Å²) in [4.78, 5) is 14.9. The van der Waals surface area contributed by atoms with Crippen molar-refractivity contribution in [2.24, 2.45) is 11.3 Å². The van der Waals surface area contributed by atoms with E-state index in [9.17, 15) is 13.2 Å². The normalized spacial score (nSPS) is 15.7. The summed E-state index contributed by atoms with van der Waals surface area (Å²) < 4.78 is 39.1.